The standard InChI is InChI=1S/C10H19NO3S/c1-15-8-9(12)11-7-5-3-2-4-6-10(13)14/h2-8H2,1H3,(H,11,12)(H,13,14). The Balaban J connectivity index is 3.11. The molecule has 0 unspecified atom stereocenters. The summed E-state index contributed by atoms with van der Waals surface area (Å²) in [7, 11) is 0. The molecule has 0 atom stereocenters. The molecule has 0 radical (unpaired) electrons. The minimum Gasteiger partial charge on any atom is -0.481 e. The summed E-state index contributed by atoms with van der Waals surface area (Å²) in [5, 5.41) is 11.2. The lowest BCUT2D eigenvalue weighted by atomic mass is 10.1. The molecule has 88 valence electrons. The van der Waals surface area contributed by atoms with Crippen LogP contribution in [0.25, 0.3) is 0 Å². The maximum absolute atomic E-state index is 11.0. The van der Waals surface area contributed by atoms with Crippen molar-refractivity contribution in [3.63, 3.8) is 0 Å². The van der Waals surface area contributed by atoms with Gasteiger partial charge in [-0.05, 0) is 19.1 Å². The maximum Gasteiger partial charge on any atom is 0.303 e. The van der Waals surface area contributed by atoms with E-state index in [4.69, 9.17) is 5.11 Å². The van der Waals surface area contributed by atoms with E-state index in [9.17, 15) is 9.59 Å². The quantitative estimate of drug-likeness (QED) is 0.592. The van der Waals surface area contributed by atoms with Crippen LogP contribution in [0.3, 0.4) is 0 Å². The second-order valence-electron chi connectivity index (χ2n) is 3.34. The normalized spacial score (nSPS) is 9.93. The highest BCUT2D eigenvalue weighted by Gasteiger charge is 1.99. The molecule has 0 aliphatic carbocycles. The summed E-state index contributed by atoms with van der Waals surface area (Å²) in [6.07, 6.45) is 5.70. The molecule has 2 N–H and O–H groups in total. The van der Waals surface area contributed by atoms with Crippen LogP contribution in [0.2, 0.25) is 0 Å². The molecule has 0 bridgehead atoms. The van der Waals surface area contributed by atoms with Crippen molar-refractivity contribution in [2.24, 2.45) is 0 Å². The Morgan fingerprint density at radius 2 is 1.87 bits per heavy atom. The number of nitrogens with one attached hydrogen (secondary N) is 1. The van der Waals surface area contributed by atoms with Crippen molar-refractivity contribution < 1.29 is 14.7 Å². The number of amides is 1. The largest absolute Gasteiger partial charge is 0.481 e. The molecule has 0 saturated carbocycles. The number of hydrogen-bond acceptors (Lipinski definition) is 3. The SMILES string of the molecule is CSCC(=O)NCCCCCCC(=O)O. The molecule has 0 saturated heterocycles. The van der Waals surface area contributed by atoms with Gasteiger partial charge in [0.05, 0.1) is 5.75 Å². The first kappa shape index (κ1) is 14.3. The zero-order valence-electron chi connectivity index (χ0n) is 9.12. The molecule has 0 aromatic rings. The second-order valence-corrected chi connectivity index (χ2v) is 4.21. The lowest BCUT2D eigenvalue weighted by Crippen LogP contribution is -2.25. The molecule has 0 fully saturated rings. The van der Waals surface area contributed by atoms with Gasteiger partial charge in [0.15, 0.2) is 0 Å². The molecule has 0 aliphatic heterocycles. The lowest BCUT2D eigenvalue weighted by molar-refractivity contribution is -0.137. The molecule has 0 aromatic carbocycles. The summed E-state index contributed by atoms with van der Waals surface area (Å²) in [4.78, 5) is 21.2. The first-order valence-electron chi connectivity index (χ1n) is 5.14. The Morgan fingerprint density at radius 3 is 2.47 bits per heavy atom. The number of thioether (sulfide) groups is 1. The van der Waals surface area contributed by atoms with Gasteiger partial charge in [0.25, 0.3) is 0 Å². The van der Waals surface area contributed by atoms with Crippen molar-refractivity contribution in [2.75, 3.05) is 18.6 Å². The average Bonchev–Trinajstić information content (AvgIpc) is 2.16. The molecule has 0 heterocycles. The fourth-order valence-electron chi connectivity index (χ4n) is 1.16. The summed E-state index contributed by atoms with van der Waals surface area (Å²) >= 11 is 1.51. The monoisotopic (exact) mass is 233 g/mol. The Labute approximate surface area is 94.8 Å². The van der Waals surface area contributed by atoms with Crippen LogP contribution in [0.15, 0.2) is 0 Å². The van der Waals surface area contributed by atoms with Gasteiger partial charge in [0, 0.05) is 13.0 Å². The Kier molecular flexibility index (Phi) is 9.36. The zero-order chi connectivity index (χ0) is 11.5. The van der Waals surface area contributed by atoms with Crippen molar-refractivity contribution in [3.8, 4) is 0 Å². The predicted molar refractivity (Wildman–Crippen MR) is 62.1 cm³/mol. The van der Waals surface area contributed by atoms with E-state index in [0.717, 1.165) is 25.7 Å². The zero-order valence-corrected chi connectivity index (χ0v) is 9.94. The van der Waals surface area contributed by atoms with E-state index in [1.165, 1.54) is 11.8 Å². The molecular weight excluding hydrogens is 214 g/mol. The van der Waals surface area contributed by atoms with E-state index in [1.807, 2.05) is 6.26 Å². The van der Waals surface area contributed by atoms with Gasteiger partial charge in [-0.1, -0.05) is 12.8 Å². The van der Waals surface area contributed by atoms with E-state index in [1.54, 1.807) is 0 Å². The number of aliphatic carboxylic acids is 1. The van der Waals surface area contributed by atoms with Crippen LogP contribution in [0.4, 0.5) is 0 Å². The smallest absolute Gasteiger partial charge is 0.303 e. The molecule has 0 spiro atoms. The fraction of sp³-hybridized carbons (Fsp3) is 0.800. The van der Waals surface area contributed by atoms with Crippen molar-refractivity contribution in [3.05, 3.63) is 0 Å². The lowest BCUT2D eigenvalue weighted by Gasteiger charge is -2.03. The molecule has 5 heteroatoms. The third kappa shape index (κ3) is 11.2. The van der Waals surface area contributed by atoms with Crippen molar-refractivity contribution in [1.29, 1.82) is 0 Å². The second kappa shape index (κ2) is 9.83. The summed E-state index contributed by atoms with van der Waals surface area (Å²) in [6.45, 7) is 0.701. The number of carbonyl (C=O) groups is 2. The molecule has 0 aliphatic rings. The van der Waals surface area contributed by atoms with Gasteiger partial charge in [-0.15, -0.1) is 0 Å². The number of rotatable bonds is 9. The fourth-order valence-corrected chi connectivity index (χ4v) is 1.53. The van der Waals surface area contributed by atoms with Crippen LogP contribution in [-0.4, -0.2) is 35.5 Å². The molecule has 4 nitrogen and oxygen atoms in total. The van der Waals surface area contributed by atoms with E-state index in [-0.39, 0.29) is 12.3 Å². The number of carboxylic acid groups (broad SMARTS) is 1. The minimum atomic E-state index is -0.733. The highest BCUT2D eigenvalue weighted by Crippen LogP contribution is 2.02. The van der Waals surface area contributed by atoms with Gasteiger partial charge in [-0.2, -0.15) is 11.8 Å². The number of carbonyl (C=O) groups excluding carboxylic acids is 1. The summed E-state index contributed by atoms with van der Waals surface area (Å²) in [6, 6.07) is 0. The van der Waals surface area contributed by atoms with Gasteiger partial charge in [-0.25, -0.2) is 0 Å². The van der Waals surface area contributed by atoms with Crippen molar-refractivity contribution in [2.45, 2.75) is 32.1 Å². The highest BCUT2D eigenvalue weighted by molar-refractivity contribution is 7.99. The molecular formula is C10H19NO3S. The van der Waals surface area contributed by atoms with Crippen LogP contribution in [-0.2, 0) is 9.59 Å². The van der Waals surface area contributed by atoms with Crippen LogP contribution in [0.5, 0.6) is 0 Å². The van der Waals surface area contributed by atoms with Crippen LogP contribution in [0.1, 0.15) is 32.1 Å². The first-order chi connectivity index (χ1) is 7.16. The summed E-state index contributed by atoms with van der Waals surface area (Å²) < 4.78 is 0. The summed E-state index contributed by atoms with van der Waals surface area (Å²) in [5.74, 6) is -0.143. The van der Waals surface area contributed by atoms with Crippen LogP contribution < -0.4 is 5.32 Å². The van der Waals surface area contributed by atoms with E-state index >= 15 is 0 Å². The van der Waals surface area contributed by atoms with E-state index in [2.05, 4.69) is 5.32 Å². The Hall–Kier alpha value is -0.710. The Morgan fingerprint density at radius 1 is 1.20 bits per heavy atom. The van der Waals surface area contributed by atoms with Gasteiger partial charge in [0.1, 0.15) is 0 Å². The predicted octanol–water partition coefficient (Wildman–Crippen LogP) is 1.50. The van der Waals surface area contributed by atoms with Crippen molar-refractivity contribution in [1.82, 2.24) is 5.32 Å². The van der Waals surface area contributed by atoms with E-state index in [0.29, 0.717) is 12.3 Å². The van der Waals surface area contributed by atoms with Crippen molar-refractivity contribution >= 4 is 23.6 Å². The minimum absolute atomic E-state index is 0.0769. The topological polar surface area (TPSA) is 66.4 Å². The number of carboxylic acids is 1. The maximum atomic E-state index is 11.0. The summed E-state index contributed by atoms with van der Waals surface area (Å²) in [5.41, 5.74) is 0. The van der Waals surface area contributed by atoms with E-state index < -0.39 is 5.97 Å². The number of hydrogen-bond donors (Lipinski definition) is 2. The van der Waals surface area contributed by atoms with Gasteiger partial charge in [0.2, 0.25) is 5.91 Å². The average molecular weight is 233 g/mol. The number of unbranched alkanes of at least 4 members (excludes halogenated alkanes) is 3. The third-order valence-electron chi connectivity index (χ3n) is 1.92. The highest BCUT2D eigenvalue weighted by atomic mass is 32.2. The van der Waals surface area contributed by atoms with Gasteiger partial charge < -0.3 is 10.4 Å². The molecule has 15 heavy (non-hydrogen) atoms. The van der Waals surface area contributed by atoms with Gasteiger partial charge in [-0.3, -0.25) is 9.59 Å². The molecule has 0 aromatic heterocycles. The Bertz CT molecular complexity index is 197. The first-order valence-corrected chi connectivity index (χ1v) is 6.53. The third-order valence-corrected chi connectivity index (χ3v) is 2.47. The van der Waals surface area contributed by atoms with Crippen LogP contribution in [0, 0.1) is 0 Å². The molecule has 0 rings (SSSR count). The van der Waals surface area contributed by atoms with Gasteiger partial charge >= 0.3 is 5.97 Å². The van der Waals surface area contributed by atoms with Crippen LogP contribution >= 0.6 is 11.8 Å². The molecule has 1 amide bonds.